The Morgan fingerprint density at radius 3 is 2.33 bits per heavy atom. The molecule has 1 unspecified atom stereocenters. The van der Waals surface area contributed by atoms with E-state index in [4.69, 9.17) is 10.8 Å². The van der Waals surface area contributed by atoms with Crippen LogP contribution in [0, 0.1) is 0 Å². The number of halogens is 3. The molecule has 0 fully saturated rings. The fraction of sp³-hybridized carbons (Fsp3) is 0.500. The van der Waals surface area contributed by atoms with Gasteiger partial charge >= 0.3 is 6.18 Å². The number of nitrogens with two attached hydrogens (primary N) is 1. The third-order valence-electron chi connectivity index (χ3n) is 2.50. The minimum atomic E-state index is -4.59. The maximum Gasteiger partial charge on any atom is 0.415 e. The zero-order chi connectivity index (χ0) is 13.6. The summed E-state index contributed by atoms with van der Waals surface area (Å²) in [6.45, 7) is 0.431. The summed E-state index contributed by atoms with van der Waals surface area (Å²) in [5.41, 5.74) is 6.25. The molecule has 18 heavy (non-hydrogen) atoms. The standard InChI is InChI=1S/C12H17F3N2O/c13-12(14,15)11(18)9-17(7-6-16)8-10-4-2-1-3-5-10/h1-5,11,18H,6-9,16H2. The highest BCUT2D eigenvalue weighted by molar-refractivity contribution is 5.14. The van der Waals surface area contributed by atoms with Crippen molar-refractivity contribution in [3.63, 3.8) is 0 Å². The van der Waals surface area contributed by atoms with E-state index in [-0.39, 0.29) is 6.54 Å². The first-order valence-corrected chi connectivity index (χ1v) is 5.64. The van der Waals surface area contributed by atoms with Gasteiger partial charge in [-0.25, -0.2) is 0 Å². The molecular formula is C12H17F3N2O. The van der Waals surface area contributed by atoms with E-state index in [9.17, 15) is 13.2 Å². The molecule has 1 atom stereocenters. The second-order valence-corrected chi connectivity index (χ2v) is 4.07. The molecular weight excluding hydrogens is 245 g/mol. The van der Waals surface area contributed by atoms with Gasteiger partial charge in [-0.15, -0.1) is 0 Å². The number of benzene rings is 1. The number of hydrogen-bond donors (Lipinski definition) is 2. The summed E-state index contributed by atoms with van der Waals surface area (Å²) < 4.78 is 36.8. The predicted octanol–water partition coefficient (Wildman–Crippen LogP) is 1.37. The Morgan fingerprint density at radius 2 is 1.83 bits per heavy atom. The van der Waals surface area contributed by atoms with Crippen molar-refractivity contribution in [1.82, 2.24) is 4.90 Å². The number of aliphatic hydroxyl groups excluding tert-OH is 1. The topological polar surface area (TPSA) is 49.5 Å². The third-order valence-corrected chi connectivity index (χ3v) is 2.50. The molecule has 0 spiro atoms. The van der Waals surface area contributed by atoms with Crippen LogP contribution in [0.5, 0.6) is 0 Å². The lowest BCUT2D eigenvalue weighted by atomic mass is 10.2. The SMILES string of the molecule is NCCN(Cc1ccccc1)CC(O)C(F)(F)F. The number of rotatable bonds is 6. The van der Waals surface area contributed by atoms with Gasteiger partial charge in [0.1, 0.15) is 0 Å². The minimum absolute atomic E-state index is 0.247. The van der Waals surface area contributed by atoms with Crippen LogP contribution in [0.25, 0.3) is 0 Å². The van der Waals surface area contributed by atoms with Gasteiger partial charge < -0.3 is 10.8 Å². The Bertz CT molecular complexity index is 343. The van der Waals surface area contributed by atoms with Crippen LogP contribution >= 0.6 is 0 Å². The number of nitrogens with zero attached hydrogens (tertiary/aromatic N) is 1. The summed E-state index contributed by atoms with van der Waals surface area (Å²) in [5, 5.41) is 9.05. The fourth-order valence-corrected chi connectivity index (χ4v) is 1.61. The van der Waals surface area contributed by atoms with E-state index in [1.54, 1.807) is 0 Å². The van der Waals surface area contributed by atoms with Crippen molar-refractivity contribution in [2.24, 2.45) is 5.73 Å². The van der Waals surface area contributed by atoms with Crippen LogP contribution in [0.4, 0.5) is 13.2 Å². The Labute approximate surface area is 104 Å². The largest absolute Gasteiger partial charge is 0.415 e. The van der Waals surface area contributed by atoms with Crippen molar-refractivity contribution >= 4 is 0 Å². The first-order chi connectivity index (χ1) is 8.43. The van der Waals surface area contributed by atoms with Crippen molar-refractivity contribution in [2.75, 3.05) is 19.6 Å². The van der Waals surface area contributed by atoms with Crippen LogP contribution < -0.4 is 5.73 Å². The molecule has 1 aromatic carbocycles. The second kappa shape index (κ2) is 6.72. The van der Waals surface area contributed by atoms with Crippen molar-refractivity contribution in [3.8, 4) is 0 Å². The van der Waals surface area contributed by atoms with Gasteiger partial charge in [-0.1, -0.05) is 30.3 Å². The first-order valence-electron chi connectivity index (χ1n) is 5.64. The van der Waals surface area contributed by atoms with Crippen LogP contribution in [0.1, 0.15) is 5.56 Å². The molecule has 6 heteroatoms. The summed E-state index contributed by atoms with van der Waals surface area (Å²) in [7, 11) is 0. The van der Waals surface area contributed by atoms with Crippen LogP contribution in [0.3, 0.4) is 0 Å². The molecule has 0 bridgehead atoms. The van der Waals surface area contributed by atoms with Crippen molar-refractivity contribution in [3.05, 3.63) is 35.9 Å². The molecule has 0 saturated carbocycles. The second-order valence-electron chi connectivity index (χ2n) is 4.07. The van der Waals surface area contributed by atoms with Crippen molar-refractivity contribution < 1.29 is 18.3 Å². The van der Waals surface area contributed by atoms with Gasteiger partial charge in [-0.3, -0.25) is 4.90 Å². The maximum absolute atomic E-state index is 12.3. The third kappa shape index (κ3) is 5.03. The number of alkyl halides is 3. The molecule has 1 rings (SSSR count). The summed E-state index contributed by atoms with van der Waals surface area (Å²) in [6, 6.07) is 9.11. The van der Waals surface area contributed by atoms with E-state index in [2.05, 4.69) is 0 Å². The Hall–Kier alpha value is -1.11. The average molecular weight is 262 g/mol. The minimum Gasteiger partial charge on any atom is -0.382 e. The monoisotopic (exact) mass is 262 g/mol. The zero-order valence-electron chi connectivity index (χ0n) is 9.90. The summed E-state index contributed by atoms with van der Waals surface area (Å²) in [4.78, 5) is 1.49. The van der Waals surface area contributed by atoms with Gasteiger partial charge in [0.05, 0.1) is 0 Å². The summed E-state index contributed by atoms with van der Waals surface area (Å²) >= 11 is 0. The molecule has 0 aliphatic carbocycles. The predicted molar refractivity (Wildman–Crippen MR) is 62.8 cm³/mol. The molecule has 0 heterocycles. The van der Waals surface area contributed by atoms with Gasteiger partial charge in [-0.2, -0.15) is 13.2 Å². The first kappa shape index (κ1) is 14.9. The normalized spacial score (nSPS) is 13.9. The van der Waals surface area contributed by atoms with Crippen LogP contribution in [-0.4, -0.2) is 41.9 Å². The van der Waals surface area contributed by atoms with E-state index in [1.165, 1.54) is 4.90 Å². The molecule has 3 nitrogen and oxygen atoms in total. The molecule has 0 aliphatic heterocycles. The van der Waals surface area contributed by atoms with Gasteiger partial charge in [-0.05, 0) is 5.56 Å². The van der Waals surface area contributed by atoms with Crippen LogP contribution in [0.2, 0.25) is 0 Å². The van der Waals surface area contributed by atoms with E-state index in [0.29, 0.717) is 13.1 Å². The van der Waals surface area contributed by atoms with Crippen molar-refractivity contribution in [2.45, 2.75) is 18.8 Å². The van der Waals surface area contributed by atoms with Crippen LogP contribution in [0.15, 0.2) is 30.3 Å². The number of aliphatic hydroxyl groups is 1. The van der Waals surface area contributed by atoms with Gasteiger partial charge in [0, 0.05) is 26.2 Å². The summed E-state index contributed by atoms with van der Waals surface area (Å²) in [6.07, 6.45) is -6.93. The van der Waals surface area contributed by atoms with Gasteiger partial charge in [0.25, 0.3) is 0 Å². The Balaban J connectivity index is 2.60. The molecule has 0 amide bonds. The van der Waals surface area contributed by atoms with Gasteiger partial charge in [0.15, 0.2) is 6.10 Å². The summed E-state index contributed by atoms with van der Waals surface area (Å²) in [5.74, 6) is 0. The van der Waals surface area contributed by atoms with E-state index >= 15 is 0 Å². The quantitative estimate of drug-likeness (QED) is 0.814. The van der Waals surface area contributed by atoms with E-state index in [0.717, 1.165) is 5.56 Å². The fourth-order valence-electron chi connectivity index (χ4n) is 1.61. The molecule has 0 radical (unpaired) electrons. The number of hydrogen-bond acceptors (Lipinski definition) is 3. The van der Waals surface area contributed by atoms with Crippen LogP contribution in [-0.2, 0) is 6.54 Å². The lowest BCUT2D eigenvalue weighted by Gasteiger charge is -2.25. The molecule has 1 aromatic rings. The lowest BCUT2D eigenvalue weighted by molar-refractivity contribution is -0.208. The molecule has 102 valence electrons. The smallest absolute Gasteiger partial charge is 0.382 e. The van der Waals surface area contributed by atoms with Gasteiger partial charge in [0.2, 0.25) is 0 Å². The molecule has 0 saturated heterocycles. The average Bonchev–Trinajstić information content (AvgIpc) is 2.29. The molecule has 0 aliphatic rings. The highest BCUT2D eigenvalue weighted by Crippen LogP contribution is 2.21. The Morgan fingerprint density at radius 1 is 1.22 bits per heavy atom. The molecule has 0 aromatic heterocycles. The zero-order valence-corrected chi connectivity index (χ0v) is 9.90. The lowest BCUT2D eigenvalue weighted by Crippen LogP contribution is -2.42. The Kier molecular flexibility index (Phi) is 5.58. The highest BCUT2D eigenvalue weighted by Gasteiger charge is 2.38. The van der Waals surface area contributed by atoms with Crippen molar-refractivity contribution in [1.29, 1.82) is 0 Å². The highest BCUT2D eigenvalue weighted by atomic mass is 19.4. The van der Waals surface area contributed by atoms with E-state index in [1.807, 2.05) is 30.3 Å². The van der Waals surface area contributed by atoms with E-state index < -0.39 is 18.8 Å². The molecule has 3 N–H and O–H groups in total. The maximum atomic E-state index is 12.3.